The Morgan fingerprint density at radius 3 is 2.61 bits per heavy atom. The minimum Gasteiger partial charge on any atom is -0.379 e. The summed E-state index contributed by atoms with van der Waals surface area (Å²) in [5.41, 5.74) is 4.52. The van der Waals surface area contributed by atoms with Crippen molar-refractivity contribution in [3.63, 3.8) is 0 Å². The zero-order valence-corrected chi connectivity index (χ0v) is 18.7. The zero-order chi connectivity index (χ0) is 22.7. The van der Waals surface area contributed by atoms with E-state index in [2.05, 4.69) is 20.5 Å². The van der Waals surface area contributed by atoms with Crippen molar-refractivity contribution >= 4 is 29.4 Å². The van der Waals surface area contributed by atoms with Crippen LogP contribution in [0.3, 0.4) is 0 Å². The van der Waals surface area contributed by atoms with Crippen molar-refractivity contribution in [2.75, 3.05) is 44.7 Å². The van der Waals surface area contributed by atoms with Gasteiger partial charge in [-0.3, -0.25) is 14.7 Å². The number of rotatable bonds is 9. The van der Waals surface area contributed by atoms with Crippen molar-refractivity contribution in [3.8, 4) is 0 Å². The number of hydrogen-bond donors (Lipinski definition) is 2. The highest BCUT2D eigenvalue weighted by molar-refractivity contribution is 5.95. The molecule has 1 aliphatic rings. The quantitative estimate of drug-likeness (QED) is 0.480. The number of amides is 1. The van der Waals surface area contributed by atoms with Gasteiger partial charge in [-0.25, -0.2) is 0 Å². The van der Waals surface area contributed by atoms with Gasteiger partial charge in [-0.2, -0.15) is 0 Å². The van der Waals surface area contributed by atoms with Crippen LogP contribution >= 0.6 is 0 Å². The average Bonchev–Trinajstić information content (AvgIpc) is 2.87. The van der Waals surface area contributed by atoms with E-state index >= 15 is 0 Å². The van der Waals surface area contributed by atoms with E-state index in [1.165, 1.54) is 0 Å². The molecular weight excluding hydrogens is 412 g/mol. The highest BCUT2D eigenvalue weighted by atomic mass is 16.5. The van der Waals surface area contributed by atoms with E-state index in [0.29, 0.717) is 12.1 Å². The Kier molecular flexibility index (Phi) is 8.22. The predicted octanol–water partition coefficient (Wildman–Crippen LogP) is 4.45. The summed E-state index contributed by atoms with van der Waals surface area (Å²) in [7, 11) is 0. The highest BCUT2D eigenvalue weighted by Crippen LogP contribution is 2.19. The zero-order valence-electron chi connectivity index (χ0n) is 18.7. The molecule has 1 fully saturated rings. The molecule has 2 aromatic carbocycles. The fourth-order valence-corrected chi connectivity index (χ4v) is 3.67. The molecule has 2 heterocycles. The number of hydrogen-bond acceptors (Lipinski definition) is 5. The summed E-state index contributed by atoms with van der Waals surface area (Å²) in [6.07, 6.45) is 6.75. The molecule has 3 aromatic rings. The van der Waals surface area contributed by atoms with Gasteiger partial charge in [0, 0.05) is 42.8 Å². The van der Waals surface area contributed by atoms with Gasteiger partial charge in [-0.05, 0) is 67.1 Å². The first-order valence-corrected chi connectivity index (χ1v) is 11.4. The number of aromatic nitrogens is 1. The van der Waals surface area contributed by atoms with Gasteiger partial charge in [0.25, 0.3) is 5.91 Å². The molecule has 4 rings (SSSR count). The van der Waals surface area contributed by atoms with Crippen LogP contribution in [-0.4, -0.2) is 55.2 Å². The smallest absolute Gasteiger partial charge is 0.251 e. The van der Waals surface area contributed by atoms with Crippen LogP contribution in [0.25, 0.3) is 12.2 Å². The van der Waals surface area contributed by atoms with Gasteiger partial charge in [-0.1, -0.05) is 30.3 Å². The van der Waals surface area contributed by atoms with Crippen LogP contribution in [0.4, 0.5) is 11.4 Å². The van der Waals surface area contributed by atoms with Crippen molar-refractivity contribution in [3.05, 3.63) is 89.7 Å². The largest absolute Gasteiger partial charge is 0.379 e. The molecule has 2 N–H and O–H groups in total. The Balaban J connectivity index is 1.26. The molecule has 170 valence electrons. The lowest BCUT2D eigenvalue weighted by Gasteiger charge is -2.26. The lowest BCUT2D eigenvalue weighted by Crippen LogP contribution is -2.38. The van der Waals surface area contributed by atoms with Crippen molar-refractivity contribution in [1.82, 2.24) is 15.2 Å². The van der Waals surface area contributed by atoms with E-state index in [9.17, 15) is 4.79 Å². The summed E-state index contributed by atoms with van der Waals surface area (Å²) in [5, 5.41) is 6.40. The van der Waals surface area contributed by atoms with E-state index in [1.54, 1.807) is 6.20 Å². The van der Waals surface area contributed by atoms with Crippen LogP contribution in [0, 0.1) is 0 Å². The molecule has 1 aliphatic heterocycles. The Morgan fingerprint density at radius 1 is 0.970 bits per heavy atom. The number of ether oxygens (including phenoxy) is 1. The Labute approximate surface area is 195 Å². The summed E-state index contributed by atoms with van der Waals surface area (Å²) < 4.78 is 5.37. The first kappa shape index (κ1) is 22.7. The number of pyridine rings is 1. The van der Waals surface area contributed by atoms with E-state index in [4.69, 9.17) is 4.74 Å². The van der Waals surface area contributed by atoms with Gasteiger partial charge in [0.2, 0.25) is 0 Å². The molecule has 1 aromatic heterocycles. The molecule has 1 saturated heterocycles. The van der Waals surface area contributed by atoms with E-state index in [0.717, 1.165) is 61.9 Å². The van der Waals surface area contributed by atoms with Crippen molar-refractivity contribution in [2.24, 2.45) is 0 Å². The standard InChI is InChI=1S/C27H30N4O2/c32-27(29-15-4-16-31-17-19-33-20-18-31)23-5-3-7-26(21-23)30-25-12-9-22(10-13-25)8-11-24-6-1-2-14-28-24/h1-3,5-14,21,30H,4,15-20H2,(H,29,32)/b11-8+. The third-order valence-electron chi connectivity index (χ3n) is 5.50. The van der Waals surface area contributed by atoms with Crippen molar-refractivity contribution in [1.29, 1.82) is 0 Å². The molecule has 6 heteroatoms. The molecule has 0 spiro atoms. The van der Waals surface area contributed by atoms with Crippen LogP contribution < -0.4 is 10.6 Å². The third kappa shape index (κ3) is 7.27. The van der Waals surface area contributed by atoms with Crippen LogP contribution in [0.5, 0.6) is 0 Å². The van der Waals surface area contributed by atoms with E-state index < -0.39 is 0 Å². The summed E-state index contributed by atoms with van der Waals surface area (Å²) in [4.78, 5) is 19.2. The molecular formula is C27H30N4O2. The lowest BCUT2D eigenvalue weighted by molar-refractivity contribution is 0.0374. The molecule has 0 saturated carbocycles. The predicted molar refractivity (Wildman–Crippen MR) is 134 cm³/mol. The number of nitrogens with one attached hydrogen (secondary N) is 2. The van der Waals surface area contributed by atoms with Gasteiger partial charge >= 0.3 is 0 Å². The Hall–Kier alpha value is -3.48. The van der Waals surface area contributed by atoms with Gasteiger partial charge < -0.3 is 15.4 Å². The first-order valence-electron chi connectivity index (χ1n) is 11.4. The minimum absolute atomic E-state index is 0.0457. The maximum Gasteiger partial charge on any atom is 0.251 e. The van der Waals surface area contributed by atoms with Crippen LogP contribution in [-0.2, 0) is 4.74 Å². The molecule has 0 radical (unpaired) electrons. The summed E-state index contributed by atoms with van der Waals surface area (Å²) in [6, 6.07) is 21.6. The Morgan fingerprint density at radius 2 is 1.82 bits per heavy atom. The average molecular weight is 443 g/mol. The van der Waals surface area contributed by atoms with Crippen molar-refractivity contribution < 1.29 is 9.53 Å². The second kappa shape index (κ2) is 11.9. The maximum atomic E-state index is 12.5. The fourth-order valence-electron chi connectivity index (χ4n) is 3.67. The maximum absolute atomic E-state index is 12.5. The van der Waals surface area contributed by atoms with Gasteiger partial charge in [0.05, 0.1) is 18.9 Å². The van der Waals surface area contributed by atoms with Gasteiger partial charge in [0.1, 0.15) is 0 Å². The third-order valence-corrected chi connectivity index (χ3v) is 5.50. The first-order chi connectivity index (χ1) is 16.3. The number of carbonyl (C=O) groups is 1. The van der Waals surface area contributed by atoms with E-state index in [1.807, 2.05) is 78.9 Å². The van der Waals surface area contributed by atoms with Crippen molar-refractivity contribution in [2.45, 2.75) is 6.42 Å². The topological polar surface area (TPSA) is 66.5 Å². The van der Waals surface area contributed by atoms with Crippen LogP contribution in [0.1, 0.15) is 28.0 Å². The van der Waals surface area contributed by atoms with E-state index in [-0.39, 0.29) is 5.91 Å². The summed E-state index contributed by atoms with van der Waals surface area (Å²) in [6.45, 7) is 5.21. The second-order valence-electron chi connectivity index (χ2n) is 7.98. The van der Waals surface area contributed by atoms with Gasteiger partial charge in [-0.15, -0.1) is 0 Å². The second-order valence-corrected chi connectivity index (χ2v) is 7.98. The summed E-state index contributed by atoms with van der Waals surface area (Å²) in [5.74, 6) is -0.0457. The minimum atomic E-state index is -0.0457. The van der Waals surface area contributed by atoms with Crippen LogP contribution in [0.15, 0.2) is 72.9 Å². The van der Waals surface area contributed by atoms with Gasteiger partial charge in [0.15, 0.2) is 0 Å². The molecule has 6 nitrogen and oxygen atoms in total. The van der Waals surface area contributed by atoms with Crippen LogP contribution in [0.2, 0.25) is 0 Å². The normalized spacial score (nSPS) is 14.3. The summed E-state index contributed by atoms with van der Waals surface area (Å²) >= 11 is 0. The lowest BCUT2D eigenvalue weighted by atomic mass is 10.1. The fraction of sp³-hybridized carbons (Fsp3) is 0.259. The number of nitrogens with zero attached hydrogens (tertiary/aromatic N) is 2. The molecule has 1 amide bonds. The molecule has 0 unspecified atom stereocenters. The number of morpholine rings is 1. The molecule has 33 heavy (non-hydrogen) atoms. The highest BCUT2D eigenvalue weighted by Gasteiger charge is 2.10. The monoisotopic (exact) mass is 442 g/mol. The SMILES string of the molecule is O=C(NCCCN1CCOCC1)c1cccc(Nc2ccc(/C=C/c3ccccn3)cc2)c1. The number of benzene rings is 2. The Bertz CT molecular complexity index is 1050. The molecule has 0 aliphatic carbocycles. The molecule has 0 bridgehead atoms. The number of carbonyl (C=O) groups excluding carboxylic acids is 1. The number of anilines is 2. The molecule has 0 atom stereocenters.